The molecular formula is C25H30N4O2. The Hall–Kier alpha value is -2.96. The lowest BCUT2D eigenvalue weighted by molar-refractivity contribution is 0.0547. The fraction of sp³-hybridized carbons (Fsp3) is 0.360. The molecule has 0 fully saturated rings. The minimum Gasteiger partial charge on any atom is -0.490 e. The van der Waals surface area contributed by atoms with Crippen LogP contribution < -0.4 is 4.74 Å². The lowest BCUT2D eigenvalue weighted by Crippen LogP contribution is -2.39. The predicted octanol–water partition coefficient (Wildman–Crippen LogP) is 4.08. The van der Waals surface area contributed by atoms with Crippen molar-refractivity contribution in [2.45, 2.75) is 39.5 Å². The number of aliphatic hydroxyl groups is 1. The highest BCUT2D eigenvalue weighted by Crippen LogP contribution is 2.25. The summed E-state index contributed by atoms with van der Waals surface area (Å²) in [5.74, 6) is 0.801. The number of fused-ring (bicyclic) bond motifs is 2. The van der Waals surface area contributed by atoms with Gasteiger partial charge in [0.2, 0.25) is 0 Å². The topological polar surface area (TPSA) is 63.4 Å². The Morgan fingerprint density at radius 2 is 1.87 bits per heavy atom. The van der Waals surface area contributed by atoms with Gasteiger partial charge in [0.1, 0.15) is 18.5 Å². The first kappa shape index (κ1) is 21.3. The Bertz CT molecular complexity index is 1180. The van der Waals surface area contributed by atoms with Crippen LogP contribution in [0, 0.1) is 6.92 Å². The Morgan fingerprint density at radius 3 is 2.68 bits per heavy atom. The number of hydrogen-bond acceptors (Lipinski definition) is 5. The lowest BCUT2D eigenvalue weighted by Gasteiger charge is -2.28. The van der Waals surface area contributed by atoms with Crippen LogP contribution in [0.5, 0.6) is 5.75 Å². The summed E-state index contributed by atoms with van der Waals surface area (Å²) in [4.78, 5) is 6.83. The zero-order valence-electron chi connectivity index (χ0n) is 18.6. The Morgan fingerprint density at radius 1 is 1.10 bits per heavy atom. The van der Waals surface area contributed by atoms with Crippen molar-refractivity contribution >= 4 is 21.8 Å². The van der Waals surface area contributed by atoms with Gasteiger partial charge in [0.15, 0.2) is 5.65 Å². The summed E-state index contributed by atoms with van der Waals surface area (Å²) in [6, 6.07) is 16.5. The van der Waals surface area contributed by atoms with E-state index in [1.54, 1.807) is 0 Å². The Kier molecular flexibility index (Phi) is 6.20. The van der Waals surface area contributed by atoms with E-state index in [2.05, 4.69) is 47.0 Å². The van der Waals surface area contributed by atoms with E-state index in [4.69, 9.17) is 4.74 Å². The number of aliphatic hydroxyl groups excluding tert-OH is 1. The quantitative estimate of drug-likeness (QED) is 0.467. The fourth-order valence-corrected chi connectivity index (χ4v) is 3.96. The molecule has 0 saturated heterocycles. The Labute approximate surface area is 183 Å². The number of pyridine rings is 1. The molecule has 0 spiro atoms. The predicted molar refractivity (Wildman–Crippen MR) is 124 cm³/mol. The van der Waals surface area contributed by atoms with Crippen molar-refractivity contribution < 1.29 is 9.84 Å². The maximum absolute atomic E-state index is 10.7. The molecule has 162 valence electrons. The minimum absolute atomic E-state index is 0.246. The van der Waals surface area contributed by atoms with Gasteiger partial charge < -0.3 is 9.84 Å². The number of ether oxygens (including phenoxy) is 1. The van der Waals surface area contributed by atoms with Gasteiger partial charge in [-0.15, -0.1) is 0 Å². The average Bonchev–Trinajstić information content (AvgIpc) is 3.04. The average molecular weight is 419 g/mol. The highest BCUT2D eigenvalue weighted by Gasteiger charge is 2.17. The van der Waals surface area contributed by atoms with Gasteiger partial charge in [-0.3, -0.25) is 9.58 Å². The summed E-state index contributed by atoms with van der Waals surface area (Å²) < 4.78 is 7.80. The number of rotatable bonds is 8. The van der Waals surface area contributed by atoms with Gasteiger partial charge in [-0.25, -0.2) is 4.98 Å². The maximum Gasteiger partial charge on any atom is 0.157 e. The third-order valence-corrected chi connectivity index (χ3v) is 5.66. The van der Waals surface area contributed by atoms with E-state index >= 15 is 0 Å². The molecule has 0 saturated carbocycles. The number of nitrogens with zero attached hydrogens (tertiary/aromatic N) is 4. The molecule has 0 bridgehead atoms. The van der Waals surface area contributed by atoms with E-state index in [0.29, 0.717) is 13.1 Å². The van der Waals surface area contributed by atoms with Gasteiger partial charge in [0.05, 0.1) is 5.69 Å². The lowest BCUT2D eigenvalue weighted by atomic mass is 10.1. The van der Waals surface area contributed by atoms with Crippen LogP contribution in [-0.2, 0) is 13.6 Å². The van der Waals surface area contributed by atoms with Crippen molar-refractivity contribution in [2.24, 2.45) is 7.05 Å². The number of hydrogen-bond donors (Lipinski definition) is 1. The molecule has 6 nitrogen and oxygen atoms in total. The molecule has 0 aliphatic carbocycles. The second-order valence-corrected chi connectivity index (χ2v) is 8.39. The molecule has 2 aromatic carbocycles. The molecule has 1 unspecified atom stereocenters. The summed E-state index contributed by atoms with van der Waals surface area (Å²) in [6.45, 7) is 7.75. The van der Waals surface area contributed by atoms with Gasteiger partial charge in [0.25, 0.3) is 0 Å². The van der Waals surface area contributed by atoms with Crippen molar-refractivity contribution in [1.29, 1.82) is 0 Å². The Balaban J connectivity index is 1.42. The second-order valence-electron chi connectivity index (χ2n) is 8.39. The van der Waals surface area contributed by atoms with Crippen molar-refractivity contribution in [3.05, 3.63) is 66.0 Å². The molecule has 0 aliphatic rings. The van der Waals surface area contributed by atoms with E-state index in [1.165, 1.54) is 0 Å². The molecular weight excluding hydrogens is 388 g/mol. The van der Waals surface area contributed by atoms with E-state index in [0.717, 1.165) is 38.8 Å². The van der Waals surface area contributed by atoms with Gasteiger partial charge >= 0.3 is 0 Å². The molecule has 0 amide bonds. The summed E-state index contributed by atoms with van der Waals surface area (Å²) in [6.07, 6.45) is 1.30. The zero-order valence-corrected chi connectivity index (χ0v) is 18.6. The van der Waals surface area contributed by atoms with Crippen LogP contribution in [0.2, 0.25) is 0 Å². The van der Waals surface area contributed by atoms with Crippen LogP contribution in [-0.4, -0.2) is 50.1 Å². The van der Waals surface area contributed by atoms with Crippen LogP contribution in [0.3, 0.4) is 0 Å². The highest BCUT2D eigenvalue weighted by molar-refractivity contribution is 5.88. The maximum atomic E-state index is 10.7. The summed E-state index contributed by atoms with van der Waals surface area (Å²) in [5.41, 5.74) is 2.98. The van der Waals surface area contributed by atoms with Gasteiger partial charge in [-0.1, -0.05) is 36.4 Å². The van der Waals surface area contributed by atoms with Gasteiger partial charge in [-0.2, -0.15) is 5.10 Å². The molecule has 1 N–H and O–H groups in total. The molecule has 4 rings (SSSR count). The molecule has 1 atom stereocenters. The van der Waals surface area contributed by atoms with Crippen LogP contribution in [0.4, 0.5) is 0 Å². The monoisotopic (exact) mass is 418 g/mol. The number of aryl methyl sites for hydroxylation is 2. The standard InChI is InChI=1S/C25H30N4O2/c1-17(2)29(14-19-12-23-18(3)27-28(4)25(23)26-13-19)15-21(30)16-31-24-11-7-9-20-8-5-6-10-22(20)24/h5-13,17,21,30H,14-16H2,1-4H3. The van der Waals surface area contributed by atoms with Crippen molar-refractivity contribution in [2.75, 3.05) is 13.2 Å². The normalized spacial score (nSPS) is 12.9. The minimum atomic E-state index is -0.599. The molecule has 6 heteroatoms. The smallest absolute Gasteiger partial charge is 0.157 e. The zero-order chi connectivity index (χ0) is 22.0. The number of benzene rings is 2. The van der Waals surface area contributed by atoms with Crippen molar-refractivity contribution in [3.63, 3.8) is 0 Å². The molecule has 2 aromatic heterocycles. The molecule has 0 radical (unpaired) electrons. The van der Waals surface area contributed by atoms with Crippen molar-refractivity contribution in [1.82, 2.24) is 19.7 Å². The summed E-state index contributed by atoms with van der Waals surface area (Å²) >= 11 is 0. The molecule has 0 aliphatic heterocycles. The van der Waals surface area contributed by atoms with Crippen LogP contribution in [0.25, 0.3) is 21.8 Å². The first-order chi connectivity index (χ1) is 14.9. The second kappa shape index (κ2) is 9.04. The molecule has 31 heavy (non-hydrogen) atoms. The van der Waals surface area contributed by atoms with Crippen LogP contribution >= 0.6 is 0 Å². The highest BCUT2D eigenvalue weighted by atomic mass is 16.5. The third kappa shape index (κ3) is 4.70. The molecule has 2 heterocycles. The summed E-state index contributed by atoms with van der Waals surface area (Å²) in [7, 11) is 1.91. The van der Waals surface area contributed by atoms with Gasteiger partial charge in [-0.05, 0) is 43.9 Å². The van der Waals surface area contributed by atoms with Crippen molar-refractivity contribution in [3.8, 4) is 5.75 Å². The largest absolute Gasteiger partial charge is 0.490 e. The van der Waals surface area contributed by atoms with Crippen LogP contribution in [0.1, 0.15) is 25.1 Å². The fourth-order valence-electron chi connectivity index (χ4n) is 3.96. The van der Waals surface area contributed by atoms with Gasteiger partial charge in [0, 0.05) is 43.1 Å². The number of aromatic nitrogens is 3. The van der Waals surface area contributed by atoms with Crippen LogP contribution in [0.15, 0.2) is 54.7 Å². The first-order valence-corrected chi connectivity index (χ1v) is 10.7. The third-order valence-electron chi connectivity index (χ3n) is 5.66. The SMILES string of the molecule is Cc1nn(C)c2ncc(CN(CC(O)COc3cccc4ccccc34)C(C)C)cc12. The van der Waals surface area contributed by atoms with E-state index in [1.807, 2.05) is 55.2 Å². The van der Waals surface area contributed by atoms with E-state index in [-0.39, 0.29) is 12.6 Å². The first-order valence-electron chi connectivity index (χ1n) is 10.7. The molecule has 4 aromatic rings. The summed E-state index contributed by atoms with van der Waals surface area (Å²) in [5, 5.41) is 18.4. The van der Waals surface area contributed by atoms with E-state index < -0.39 is 6.10 Å². The van der Waals surface area contributed by atoms with E-state index in [9.17, 15) is 5.11 Å².